The van der Waals surface area contributed by atoms with E-state index >= 15 is 0 Å². The number of esters is 2. The smallest absolute Gasteiger partial charge is 0.412 e. The number of aromatic nitrogens is 2. The van der Waals surface area contributed by atoms with Gasteiger partial charge in [-0.15, -0.1) is 0 Å². The summed E-state index contributed by atoms with van der Waals surface area (Å²) in [5.74, 6) is -3.04. The minimum absolute atomic E-state index is 0.111. The fraction of sp³-hybridized carbons (Fsp3) is 0.588. The molecule has 1 N–H and O–H groups in total. The number of nitrogens with zero attached hydrogens (tertiary/aromatic N) is 2. The van der Waals surface area contributed by atoms with Crippen LogP contribution in [-0.2, 0) is 28.5 Å². The Labute approximate surface area is 165 Å². The Kier molecular flexibility index (Phi) is 7.26. The van der Waals surface area contributed by atoms with Crippen LogP contribution in [0.3, 0.4) is 0 Å². The molecule has 1 aromatic rings. The molecule has 0 aliphatic carbocycles. The van der Waals surface area contributed by atoms with Gasteiger partial charge in [-0.25, -0.2) is 14.0 Å². The molecule has 2 rings (SSSR count). The van der Waals surface area contributed by atoms with Crippen molar-refractivity contribution in [3.8, 4) is 0 Å². The van der Waals surface area contributed by atoms with E-state index in [1.54, 1.807) is 13.8 Å². The Balaban J connectivity index is 2.33. The zero-order valence-electron chi connectivity index (χ0n) is 16.3. The highest BCUT2D eigenvalue weighted by molar-refractivity contribution is 5.83. The number of carbonyl (C=O) groups excluding carboxylic acids is 3. The van der Waals surface area contributed by atoms with Gasteiger partial charge in [0.25, 0.3) is 0 Å². The second kappa shape index (κ2) is 9.45. The van der Waals surface area contributed by atoms with Crippen LogP contribution < -0.4 is 11.0 Å². The number of hydrogen-bond acceptors (Lipinski definition) is 9. The SMILES string of the molecule is CCCOC(=O)Nc1nc(=O)n([C@@H]2O[C@H](C)[C@@H](OC(C)=O)[C@H]2OC(C)=O)cc1F. The summed E-state index contributed by atoms with van der Waals surface area (Å²) in [4.78, 5) is 50.3. The first-order chi connectivity index (χ1) is 13.6. The average molecular weight is 415 g/mol. The molecule has 2 heterocycles. The lowest BCUT2D eigenvalue weighted by atomic mass is 10.1. The summed E-state index contributed by atoms with van der Waals surface area (Å²) in [5.41, 5.74) is -0.991. The van der Waals surface area contributed by atoms with E-state index in [1.807, 2.05) is 5.32 Å². The van der Waals surface area contributed by atoms with Gasteiger partial charge in [-0.3, -0.25) is 19.5 Å². The maximum atomic E-state index is 14.4. The third-order valence-electron chi connectivity index (χ3n) is 3.86. The summed E-state index contributed by atoms with van der Waals surface area (Å²) in [7, 11) is 0. The Morgan fingerprint density at radius 2 is 1.86 bits per heavy atom. The summed E-state index contributed by atoms with van der Waals surface area (Å²) in [6.45, 7) is 5.72. The summed E-state index contributed by atoms with van der Waals surface area (Å²) in [6.07, 6.45) is -3.94. The molecule has 1 aromatic heterocycles. The van der Waals surface area contributed by atoms with Gasteiger partial charge in [0.2, 0.25) is 0 Å². The second-order valence-electron chi connectivity index (χ2n) is 6.27. The van der Waals surface area contributed by atoms with Gasteiger partial charge < -0.3 is 18.9 Å². The summed E-state index contributed by atoms with van der Waals surface area (Å²) in [6, 6.07) is 0. The maximum Gasteiger partial charge on any atom is 0.412 e. The topological polar surface area (TPSA) is 135 Å². The lowest BCUT2D eigenvalue weighted by molar-refractivity contribution is -0.165. The molecule has 0 radical (unpaired) electrons. The van der Waals surface area contributed by atoms with Crippen molar-refractivity contribution < 1.29 is 37.7 Å². The van der Waals surface area contributed by atoms with Crippen LogP contribution in [0, 0.1) is 5.82 Å². The standard InChI is InChI=1S/C17H22FN3O8/c1-5-6-26-17(25)20-14-11(18)7-21(16(24)19-14)15-13(29-10(4)23)12(8(2)27-15)28-9(3)22/h7-8,12-13,15H,5-6H2,1-4H3,(H,19,20,24,25)/t8-,12-,13-,15-/m1/s1. The zero-order valence-corrected chi connectivity index (χ0v) is 16.3. The first kappa shape index (κ1) is 22.3. The minimum Gasteiger partial charge on any atom is -0.456 e. The van der Waals surface area contributed by atoms with Gasteiger partial charge in [0, 0.05) is 13.8 Å². The zero-order chi connectivity index (χ0) is 21.7. The molecule has 160 valence electrons. The first-order valence-corrected chi connectivity index (χ1v) is 8.86. The molecule has 12 heteroatoms. The molecule has 1 amide bonds. The number of halogens is 1. The Bertz CT molecular complexity index is 842. The molecular weight excluding hydrogens is 393 g/mol. The number of ether oxygens (including phenoxy) is 4. The summed E-state index contributed by atoms with van der Waals surface area (Å²) in [5, 5.41) is 2.03. The van der Waals surface area contributed by atoms with E-state index in [-0.39, 0.29) is 6.61 Å². The van der Waals surface area contributed by atoms with Gasteiger partial charge >= 0.3 is 23.7 Å². The van der Waals surface area contributed by atoms with Crippen molar-refractivity contribution in [3.63, 3.8) is 0 Å². The van der Waals surface area contributed by atoms with Crippen LogP contribution in [0.15, 0.2) is 11.0 Å². The molecule has 0 bridgehead atoms. The Morgan fingerprint density at radius 3 is 2.45 bits per heavy atom. The highest BCUT2D eigenvalue weighted by Crippen LogP contribution is 2.33. The monoisotopic (exact) mass is 415 g/mol. The van der Waals surface area contributed by atoms with E-state index in [0.29, 0.717) is 6.42 Å². The van der Waals surface area contributed by atoms with Crippen molar-refractivity contribution in [1.82, 2.24) is 9.55 Å². The predicted octanol–water partition coefficient (Wildman–Crippen LogP) is 1.12. The lowest BCUT2D eigenvalue weighted by Crippen LogP contribution is -2.40. The normalized spacial score (nSPS) is 23.3. The first-order valence-electron chi connectivity index (χ1n) is 8.86. The Morgan fingerprint density at radius 1 is 1.24 bits per heavy atom. The fourth-order valence-corrected chi connectivity index (χ4v) is 2.74. The van der Waals surface area contributed by atoms with E-state index in [1.165, 1.54) is 0 Å². The van der Waals surface area contributed by atoms with Crippen molar-refractivity contribution in [2.24, 2.45) is 0 Å². The third-order valence-corrected chi connectivity index (χ3v) is 3.86. The predicted molar refractivity (Wildman–Crippen MR) is 94.4 cm³/mol. The van der Waals surface area contributed by atoms with Gasteiger partial charge in [0.1, 0.15) is 0 Å². The number of carbonyl (C=O) groups is 3. The number of rotatable bonds is 6. The van der Waals surface area contributed by atoms with Gasteiger partial charge in [0.15, 0.2) is 30.1 Å². The molecule has 1 aliphatic heterocycles. The van der Waals surface area contributed by atoms with Crippen molar-refractivity contribution in [2.75, 3.05) is 11.9 Å². The summed E-state index contributed by atoms with van der Waals surface area (Å²) < 4.78 is 35.8. The number of nitrogens with one attached hydrogen (secondary N) is 1. The number of anilines is 1. The third kappa shape index (κ3) is 5.50. The molecule has 0 saturated carbocycles. The van der Waals surface area contributed by atoms with E-state index in [0.717, 1.165) is 24.6 Å². The van der Waals surface area contributed by atoms with Crippen LogP contribution in [0.5, 0.6) is 0 Å². The second-order valence-corrected chi connectivity index (χ2v) is 6.27. The molecular formula is C17H22FN3O8. The molecule has 1 saturated heterocycles. The van der Waals surface area contributed by atoms with E-state index in [4.69, 9.17) is 18.9 Å². The molecule has 0 aromatic carbocycles. The molecule has 4 atom stereocenters. The molecule has 11 nitrogen and oxygen atoms in total. The largest absolute Gasteiger partial charge is 0.456 e. The molecule has 0 unspecified atom stereocenters. The highest BCUT2D eigenvalue weighted by atomic mass is 19.1. The van der Waals surface area contributed by atoms with E-state index < -0.39 is 59.9 Å². The quantitative estimate of drug-likeness (QED) is 0.535. The average Bonchev–Trinajstić information content (AvgIpc) is 2.91. The van der Waals surface area contributed by atoms with E-state index in [9.17, 15) is 23.6 Å². The van der Waals surface area contributed by atoms with Gasteiger partial charge in [-0.2, -0.15) is 4.98 Å². The number of amides is 1. The lowest BCUT2D eigenvalue weighted by Gasteiger charge is -2.23. The minimum atomic E-state index is -1.30. The van der Waals surface area contributed by atoms with Gasteiger partial charge in [-0.1, -0.05) is 6.92 Å². The van der Waals surface area contributed by atoms with Gasteiger partial charge in [0.05, 0.1) is 18.9 Å². The van der Waals surface area contributed by atoms with Gasteiger partial charge in [-0.05, 0) is 13.3 Å². The van der Waals surface area contributed by atoms with E-state index in [2.05, 4.69) is 4.98 Å². The highest BCUT2D eigenvalue weighted by Gasteiger charge is 2.48. The van der Waals surface area contributed by atoms with Crippen LogP contribution >= 0.6 is 0 Å². The van der Waals surface area contributed by atoms with Crippen LogP contribution in [0.4, 0.5) is 15.0 Å². The Hall–Kier alpha value is -3.02. The van der Waals surface area contributed by atoms with Crippen molar-refractivity contribution in [2.45, 2.75) is 58.7 Å². The van der Waals surface area contributed by atoms with Crippen molar-refractivity contribution in [1.29, 1.82) is 0 Å². The van der Waals surface area contributed by atoms with Crippen molar-refractivity contribution in [3.05, 3.63) is 22.5 Å². The summed E-state index contributed by atoms with van der Waals surface area (Å²) >= 11 is 0. The van der Waals surface area contributed by atoms with Crippen LogP contribution in [0.1, 0.15) is 40.3 Å². The molecule has 1 fully saturated rings. The van der Waals surface area contributed by atoms with Crippen LogP contribution in [0.2, 0.25) is 0 Å². The van der Waals surface area contributed by atoms with Crippen LogP contribution in [-0.4, -0.2) is 52.5 Å². The van der Waals surface area contributed by atoms with Crippen molar-refractivity contribution >= 4 is 23.8 Å². The molecule has 1 aliphatic rings. The molecule has 0 spiro atoms. The number of hydrogen-bond donors (Lipinski definition) is 1. The maximum absolute atomic E-state index is 14.4. The molecule has 29 heavy (non-hydrogen) atoms. The van der Waals surface area contributed by atoms with Crippen LogP contribution in [0.25, 0.3) is 0 Å². The fourth-order valence-electron chi connectivity index (χ4n) is 2.74.